The highest BCUT2D eigenvalue weighted by molar-refractivity contribution is 7.15. The van der Waals surface area contributed by atoms with Crippen molar-refractivity contribution < 1.29 is 9.72 Å². The van der Waals surface area contributed by atoms with E-state index in [4.69, 9.17) is 17.3 Å². The second-order valence-corrected chi connectivity index (χ2v) is 8.68. The largest absolute Gasteiger partial charge is 0.384 e. The Labute approximate surface area is 181 Å². The summed E-state index contributed by atoms with van der Waals surface area (Å²) < 4.78 is 0. The molecule has 0 bridgehead atoms. The summed E-state index contributed by atoms with van der Waals surface area (Å²) in [5.41, 5.74) is 9.46. The summed E-state index contributed by atoms with van der Waals surface area (Å²) in [6.45, 7) is 1.89. The molecule has 2 N–H and O–H groups in total. The van der Waals surface area contributed by atoms with Gasteiger partial charge >= 0.3 is 5.00 Å². The van der Waals surface area contributed by atoms with Crippen LogP contribution in [0.2, 0.25) is 5.02 Å². The van der Waals surface area contributed by atoms with Gasteiger partial charge in [-0.05, 0) is 43.5 Å². The maximum absolute atomic E-state index is 13.0. The Morgan fingerprint density at radius 1 is 1.33 bits per heavy atom. The minimum Gasteiger partial charge on any atom is -0.384 e. The molecule has 0 amide bonds. The van der Waals surface area contributed by atoms with E-state index in [1.807, 2.05) is 19.1 Å². The number of carbonyl (C=O) groups excluding carboxylic acids is 1. The van der Waals surface area contributed by atoms with Gasteiger partial charge in [-0.15, -0.1) is 0 Å². The summed E-state index contributed by atoms with van der Waals surface area (Å²) in [5, 5.41) is 21.6. The average Bonchev–Trinajstić information content (AvgIpc) is 3.20. The number of benzene rings is 1. The van der Waals surface area contributed by atoms with Gasteiger partial charge in [0, 0.05) is 39.3 Å². The molecule has 0 saturated heterocycles. The van der Waals surface area contributed by atoms with Crippen LogP contribution in [0.4, 0.5) is 10.7 Å². The van der Waals surface area contributed by atoms with Crippen LogP contribution in [0, 0.1) is 28.4 Å². The number of anilines is 1. The van der Waals surface area contributed by atoms with E-state index in [-0.39, 0.29) is 22.2 Å². The molecule has 2 aliphatic rings. The molecule has 30 heavy (non-hydrogen) atoms. The third kappa shape index (κ3) is 3.16. The molecule has 0 saturated carbocycles. The Morgan fingerprint density at radius 2 is 2.10 bits per heavy atom. The molecule has 0 fully saturated rings. The molecule has 2 aromatic rings. The maximum atomic E-state index is 13.0. The number of halogens is 1. The zero-order chi connectivity index (χ0) is 21.6. The van der Waals surface area contributed by atoms with E-state index in [0.717, 1.165) is 22.6 Å². The van der Waals surface area contributed by atoms with Crippen LogP contribution in [0.1, 0.15) is 35.6 Å². The summed E-state index contributed by atoms with van der Waals surface area (Å²) in [6.07, 6.45) is 1.64. The lowest BCUT2D eigenvalue weighted by Crippen LogP contribution is -2.38. The van der Waals surface area contributed by atoms with Gasteiger partial charge in [0.05, 0.1) is 22.5 Å². The summed E-state index contributed by atoms with van der Waals surface area (Å²) in [4.78, 5) is 26.0. The van der Waals surface area contributed by atoms with Gasteiger partial charge in [-0.25, -0.2) is 0 Å². The number of rotatable bonds is 3. The molecule has 1 atom stereocenters. The zero-order valence-electron chi connectivity index (χ0n) is 16.0. The van der Waals surface area contributed by atoms with Gasteiger partial charge in [0.15, 0.2) is 5.78 Å². The molecular weight excluding hydrogens is 424 g/mol. The summed E-state index contributed by atoms with van der Waals surface area (Å²) in [5.74, 6) is -0.554. The van der Waals surface area contributed by atoms with Crippen LogP contribution < -0.4 is 10.6 Å². The highest BCUT2D eigenvalue weighted by Crippen LogP contribution is 2.48. The molecule has 0 unspecified atom stereocenters. The minimum absolute atomic E-state index is 0.0426. The first kappa shape index (κ1) is 20.1. The van der Waals surface area contributed by atoms with Crippen molar-refractivity contribution in [1.29, 1.82) is 5.26 Å². The number of Topliss-reactive ketones (excluding diaryl/α,β-unsaturated/α-hetero) is 1. The zero-order valence-corrected chi connectivity index (χ0v) is 17.6. The van der Waals surface area contributed by atoms with Crippen LogP contribution in [0.25, 0.3) is 0 Å². The van der Waals surface area contributed by atoms with Crippen molar-refractivity contribution >= 4 is 39.4 Å². The maximum Gasteiger partial charge on any atom is 0.324 e. The minimum atomic E-state index is -0.700. The van der Waals surface area contributed by atoms with Gasteiger partial charge in [0.2, 0.25) is 0 Å². The predicted molar refractivity (Wildman–Crippen MR) is 115 cm³/mol. The second-order valence-electron chi connectivity index (χ2n) is 7.18. The first-order chi connectivity index (χ1) is 14.3. The Hall–Kier alpha value is -3.15. The van der Waals surface area contributed by atoms with Crippen molar-refractivity contribution in [2.75, 3.05) is 4.90 Å². The topological polar surface area (TPSA) is 113 Å². The molecule has 1 aromatic heterocycles. The van der Waals surface area contributed by atoms with Gasteiger partial charge in [-0.1, -0.05) is 29.0 Å². The summed E-state index contributed by atoms with van der Waals surface area (Å²) in [6, 6.07) is 10.6. The molecule has 1 aromatic carbocycles. The van der Waals surface area contributed by atoms with Crippen molar-refractivity contribution in [3.63, 3.8) is 0 Å². The quantitative estimate of drug-likeness (QED) is 0.535. The number of nitriles is 1. The lowest BCUT2D eigenvalue weighted by Gasteiger charge is -2.39. The number of hydrogen-bond donors (Lipinski definition) is 1. The lowest BCUT2D eigenvalue weighted by molar-refractivity contribution is -0.380. The van der Waals surface area contributed by atoms with E-state index in [2.05, 4.69) is 6.07 Å². The van der Waals surface area contributed by atoms with E-state index >= 15 is 0 Å². The Kier molecular flexibility index (Phi) is 5.10. The number of thiophene rings is 1. The number of ketones is 1. The van der Waals surface area contributed by atoms with Crippen LogP contribution >= 0.6 is 22.9 Å². The van der Waals surface area contributed by atoms with Gasteiger partial charge in [-0.2, -0.15) is 5.26 Å². The fourth-order valence-corrected chi connectivity index (χ4v) is 5.10. The molecule has 0 spiro atoms. The Bertz CT molecular complexity index is 1190. The molecule has 0 radical (unpaired) electrons. The molecule has 4 rings (SSSR count). The SMILES string of the molecule is Cc1ccc(N2C(N)=C(C#N)[C@H](c3ccc([N+](=O)[O-])s3)C3=C2CCCC3=O)cc1Cl. The van der Waals surface area contributed by atoms with Gasteiger partial charge in [-0.3, -0.25) is 19.8 Å². The standard InChI is InChI=1S/C21H17ClN4O3S/c1-11-5-6-12(9-14(11)22)25-15-3-2-4-16(27)20(15)19(13(10-23)21(25)24)17-7-8-18(30-17)26(28)29/h5-9,19H,2-4,24H2,1H3/t19-/m1/s1. The van der Waals surface area contributed by atoms with Crippen molar-refractivity contribution in [3.8, 4) is 6.07 Å². The number of nitrogens with two attached hydrogens (primary N) is 1. The molecule has 1 aliphatic carbocycles. The third-order valence-corrected chi connectivity index (χ3v) is 6.91. The van der Waals surface area contributed by atoms with Gasteiger partial charge in [0.1, 0.15) is 5.82 Å². The molecule has 2 heterocycles. The van der Waals surface area contributed by atoms with E-state index in [1.54, 1.807) is 17.0 Å². The fourth-order valence-electron chi connectivity index (χ4n) is 3.98. The second kappa shape index (κ2) is 7.59. The van der Waals surface area contributed by atoms with Crippen molar-refractivity contribution in [1.82, 2.24) is 0 Å². The highest BCUT2D eigenvalue weighted by Gasteiger charge is 2.41. The van der Waals surface area contributed by atoms with E-state index in [1.165, 1.54) is 6.07 Å². The number of hydrogen-bond acceptors (Lipinski definition) is 7. The number of allylic oxidation sites excluding steroid dienone is 3. The Balaban J connectivity index is 1.95. The molecular formula is C21H17ClN4O3S. The highest BCUT2D eigenvalue weighted by atomic mass is 35.5. The molecule has 7 nitrogen and oxygen atoms in total. The lowest BCUT2D eigenvalue weighted by atomic mass is 9.78. The van der Waals surface area contributed by atoms with Gasteiger partial charge in [0.25, 0.3) is 0 Å². The van der Waals surface area contributed by atoms with Crippen molar-refractivity contribution in [2.24, 2.45) is 5.73 Å². The normalized spacial score (nSPS) is 19.0. The van der Waals surface area contributed by atoms with E-state index < -0.39 is 10.8 Å². The van der Waals surface area contributed by atoms with Crippen molar-refractivity contribution in [3.05, 3.63) is 78.6 Å². The monoisotopic (exact) mass is 440 g/mol. The Morgan fingerprint density at radius 3 is 2.73 bits per heavy atom. The number of aryl methyl sites for hydroxylation is 1. The molecule has 1 aliphatic heterocycles. The first-order valence-corrected chi connectivity index (χ1v) is 10.5. The van der Waals surface area contributed by atoms with Crippen LogP contribution in [-0.2, 0) is 4.79 Å². The van der Waals surface area contributed by atoms with Crippen LogP contribution in [0.3, 0.4) is 0 Å². The van der Waals surface area contributed by atoms with Crippen LogP contribution in [0.15, 0.2) is 53.0 Å². The average molecular weight is 441 g/mol. The number of nitro groups is 1. The van der Waals surface area contributed by atoms with Gasteiger partial charge < -0.3 is 5.73 Å². The third-order valence-electron chi connectivity index (χ3n) is 5.40. The van der Waals surface area contributed by atoms with Crippen LogP contribution in [-0.4, -0.2) is 10.7 Å². The smallest absolute Gasteiger partial charge is 0.324 e. The summed E-state index contributed by atoms with van der Waals surface area (Å²) in [7, 11) is 0. The fraction of sp³-hybridized carbons (Fsp3) is 0.238. The number of nitrogens with zero attached hydrogens (tertiary/aromatic N) is 3. The van der Waals surface area contributed by atoms with E-state index in [9.17, 15) is 20.2 Å². The van der Waals surface area contributed by atoms with Crippen molar-refractivity contribution in [2.45, 2.75) is 32.1 Å². The van der Waals surface area contributed by atoms with Crippen LogP contribution in [0.5, 0.6) is 0 Å². The molecule has 152 valence electrons. The van der Waals surface area contributed by atoms with E-state index in [0.29, 0.717) is 40.4 Å². The number of carbonyl (C=O) groups is 1. The first-order valence-electron chi connectivity index (χ1n) is 9.30. The summed E-state index contributed by atoms with van der Waals surface area (Å²) >= 11 is 7.28. The predicted octanol–water partition coefficient (Wildman–Crippen LogP) is 4.92. The molecule has 9 heteroatoms.